The second-order valence-electron chi connectivity index (χ2n) is 7.27. The summed E-state index contributed by atoms with van der Waals surface area (Å²) in [5.74, 6) is -4.12. The van der Waals surface area contributed by atoms with Crippen molar-refractivity contribution >= 4 is 23.7 Å². The summed E-state index contributed by atoms with van der Waals surface area (Å²) in [5.41, 5.74) is 5.75. The van der Waals surface area contributed by atoms with Gasteiger partial charge in [-0.2, -0.15) is 0 Å². The van der Waals surface area contributed by atoms with Crippen molar-refractivity contribution in [2.45, 2.75) is 70.5 Å². The first kappa shape index (κ1) is 26.7. The van der Waals surface area contributed by atoms with E-state index >= 15 is 0 Å². The van der Waals surface area contributed by atoms with Gasteiger partial charge in [0, 0.05) is 0 Å². The lowest BCUT2D eigenvalue weighted by Gasteiger charge is -2.26. The third-order valence-corrected chi connectivity index (χ3v) is 3.99. The predicted octanol–water partition coefficient (Wildman–Crippen LogP) is -3.35. The molecule has 0 aromatic rings. The monoisotopic (exact) mass is 420 g/mol. The van der Waals surface area contributed by atoms with Gasteiger partial charge in [0.05, 0.1) is 24.9 Å². The summed E-state index contributed by atoms with van der Waals surface area (Å²) >= 11 is 0. The van der Waals surface area contributed by atoms with E-state index in [1.54, 1.807) is 0 Å². The Morgan fingerprint density at radius 1 is 0.828 bits per heavy atom. The van der Waals surface area contributed by atoms with Gasteiger partial charge in [0.15, 0.2) is 6.04 Å². The second-order valence-corrected chi connectivity index (χ2v) is 7.27. The molecule has 0 aromatic heterocycles. The third-order valence-electron chi connectivity index (χ3n) is 3.99. The van der Waals surface area contributed by atoms with Gasteiger partial charge in [-0.15, -0.1) is 0 Å². The van der Waals surface area contributed by atoms with Crippen molar-refractivity contribution in [2.75, 3.05) is 6.61 Å². The van der Waals surface area contributed by atoms with Crippen LogP contribution in [0.5, 0.6) is 0 Å². The highest BCUT2D eigenvalue weighted by Gasteiger charge is 2.33. The van der Waals surface area contributed by atoms with Crippen molar-refractivity contribution < 1.29 is 39.6 Å². The van der Waals surface area contributed by atoms with Crippen molar-refractivity contribution in [2.24, 2.45) is 11.7 Å². The van der Waals surface area contributed by atoms with Gasteiger partial charge in [0.25, 0.3) is 0 Å². The quantitative estimate of drug-likeness (QED) is 0.158. The number of aliphatic hydroxyl groups is 3. The van der Waals surface area contributed by atoms with Crippen molar-refractivity contribution in [1.29, 1.82) is 0 Å². The van der Waals surface area contributed by atoms with Crippen LogP contribution in [0.1, 0.15) is 34.1 Å². The van der Waals surface area contributed by atoms with E-state index in [1.807, 2.05) is 19.2 Å². The number of rotatable bonds is 12. The molecule has 0 aromatic carbocycles. The number of hydrogen-bond acceptors (Lipinski definition) is 8. The van der Waals surface area contributed by atoms with Crippen LogP contribution in [-0.2, 0) is 19.2 Å². The van der Waals surface area contributed by atoms with Crippen LogP contribution in [0.4, 0.5) is 0 Å². The van der Waals surface area contributed by atoms with Gasteiger partial charge in [-0.25, -0.2) is 4.79 Å². The molecule has 0 heterocycles. The van der Waals surface area contributed by atoms with E-state index in [1.165, 1.54) is 6.92 Å². The lowest BCUT2D eigenvalue weighted by molar-refractivity contribution is -0.145. The highest BCUT2D eigenvalue weighted by molar-refractivity contribution is 5.94. The summed E-state index contributed by atoms with van der Waals surface area (Å²) in [4.78, 5) is 47.7. The lowest BCUT2D eigenvalue weighted by Crippen LogP contribution is -2.61. The Morgan fingerprint density at radius 3 is 1.69 bits per heavy atom. The van der Waals surface area contributed by atoms with E-state index in [-0.39, 0.29) is 5.92 Å². The number of aliphatic carboxylic acids is 1. The highest BCUT2D eigenvalue weighted by atomic mass is 16.4. The zero-order valence-electron chi connectivity index (χ0n) is 17.0. The molecule has 0 aliphatic heterocycles. The van der Waals surface area contributed by atoms with Gasteiger partial charge in [-0.3, -0.25) is 14.4 Å². The van der Waals surface area contributed by atoms with Crippen molar-refractivity contribution in [3.63, 3.8) is 0 Å². The fourth-order valence-corrected chi connectivity index (χ4v) is 2.38. The summed E-state index contributed by atoms with van der Waals surface area (Å²) in [6.45, 7) is 5.20. The second kappa shape index (κ2) is 12.3. The Morgan fingerprint density at radius 2 is 1.31 bits per heavy atom. The minimum Gasteiger partial charge on any atom is -0.480 e. The minimum atomic E-state index is -1.66. The molecule has 0 saturated carbocycles. The van der Waals surface area contributed by atoms with Gasteiger partial charge in [-0.05, 0) is 26.2 Å². The van der Waals surface area contributed by atoms with Crippen LogP contribution < -0.4 is 21.7 Å². The van der Waals surface area contributed by atoms with Crippen LogP contribution in [0.3, 0.4) is 0 Å². The number of nitrogens with one attached hydrogen (secondary N) is 3. The van der Waals surface area contributed by atoms with Gasteiger partial charge in [-0.1, -0.05) is 13.8 Å². The highest BCUT2D eigenvalue weighted by Crippen LogP contribution is 2.04. The largest absolute Gasteiger partial charge is 0.480 e. The molecule has 3 amide bonds. The predicted molar refractivity (Wildman–Crippen MR) is 101 cm³/mol. The molecule has 0 fully saturated rings. The molecule has 9 N–H and O–H groups in total. The summed E-state index contributed by atoms with van der Waals surface area (Å²) in [5, 5.41) is 44.0. The Bertz CT molecular complexity index is 582. The Kier molecular flexibility index (Phi) is 11.3. The molecule has 0 rings (SSSR count). The molecule has 0 bridgehead atoms. The summed E-state index contributed by atoms with van der Waals surface area (Å²) in [6.07, 6.45) is -2.44. The average molecular weight is 420 g/mol. The normalized spacial score (nSPS) is 17.4. The summed E-state index contributed by atoms with van der Waals surface area (Å²) in [6, 6.07) is -5.61. The maximum atomic E-state index is 12.4. The number of amides is 3. The van der Waals surface area contributed by atoms with Crippen LogP contribution in [0.25, 0.3) is 0 Å². The first-order valence-corrected chi connectivity index (χ1v) is 9.18. The van der Waals surface area contributed by atoms with E-state index in [4.69, 9.17) is 10.8 Å². The number of hydrogen-bond donors (Lipinski definition) is 8. The number of aliphatic hydroxyl groups excluding tert-OH is 3. The third kappa shape index (κ3) is 9.17. The van der Waals surface area contributed by atoms with E-state index in [9.17, 15) is 34.5 Å². The molecule has 12 nitrogen and oxygen atoms in total. The minimum absolute atomic E-state index is 0.119. The number of carbonyl (C=O) groups excluding carboxylic acids is 3. The first-order chi connectivity index (χ1) is 13.3. The van der Waals surface area contributed by atoms with Crippen molar-refractivity contribution in [3.05, 3.63) is 0 Å². The molecule has 0 saturated heterocycles. The Balaban J connectivity index is 5.15. The zero-order valence-corrected chi connectivity index (χ0v) is 17.0. The van der Waals surface area contributed by atoms with E-state index in [2.05, 4.69) is 10.6 Å². The molecule has 6 unspecified atom stereocenters. The number of carboxylic acid groups (broad SMARTS) is 1. The van der Waals surface area contributed by atoms with E-state index in [0.29, 0.717) is 6.42 Å². The van der Waals surface area contributed by atoms with Crippen LogP contribution in [0, 0.1) is 5.92 Å². The van der Waals surface area contributed by atoms with E-state index < -0.39 is 66.7 Å². The lowest BCUT2D eigenvalue weighted by atomic mass is 10.0. The Labute approximate surface area is 168 Å². The molecular formula is C17H32N4O8. The van der Waals surface area contributed by atoms with Gasteiger partial charge in [0.1, 0.15) is 12.1 Å². The summed E-state index contributed by atoms with van der Waals surface area (Å²) in [7, 11) is 0. The molecule has 0 aliphatic carbocycles. The molecule has 168 valence electrons. The Hall–Kier alpha value is -2.28. The molecule has 0 aliphatic rings. The topological polar surface area (TPSA) is 211 Å². The van der Waals surface area contributed by atoms with Gasteiger partial charge < -0.3 is 42.1 Å². The maximum absolute atomic E-state index is 12.4. The molecule has 0 spiro atoms. The molecule has 29 heavy (non-hydrogen) atoms. The first-order valence-electron chi connectivity index (χ1n) is 9.18. The van der Waals surface area contributed by atoms with Crippen LogP contribution in [0.2, 0.25) is 0 Å². The number of carbonyl (C=O) groups is 4. The molecule has 6 atom stereocenters. The fourth-order valence-electron chi connectivity index (χ4n) is 2.38. The fraction of sp³-hybridized carbons (Fsp3) is 0.765. The average Bonchev–Trinajstić information content (AvgIpc) is 2.59. The zero-order chi connectivity index (χ0) is 22.9. The van der Waals surface area contributed by atoms with Crippen LogP contribution in [0.15, 0.2) is 0 Å². The van der Waals surface area contributed by atoms with Crippen LogP contribution in [-0.4, -0.2) is 87.1 Å². The molecule has 0 radical (unpaired) electrons. The smallest absolute Gasteiger partial charge is 0.328 e. The number of carboxylic acids is 1. The summed E-state index contributed by atoms with van der Waals surface area (Å²) < 4.78 is 0. The van der Waals surface area contributed by atoms with Gasteiger partial charge in [0.2, 0.25) is 17.7 Å². The molecule has 12 heteroatoms. The number of nitrogens with two attached hydrogens (primary N) is 1. The van der Waals surface area contributed by atoms with E-state index in [0.717, 1.165) is 6.92 Å². The maximum Gasteiger partial charge on any atom is 0.328 e. The van der Waals surface area contributed by atoms with Crippen LogP contribution >= 0.6 is 0 Å². The molecular weight excluding hydrogens is 388 g/mol. The van der Waals surface area contributed by atoms with Gasteiger partial charge >= 0.3 is 5.97 Å². The van der Waals surface area contributed by atoms with Crippen molar-refractivity contribution in [3.8, 4) is 0 Å². The van der Waals surface area contributed by atoms with Crippen molar-refractivity contribution in [1.82, 2.24) is 16.0 Å². The SMILES string of the molecule is CC(C)CC(N)C(=O)NC(C(=O)NC(CO)C(=O)NC(C(=O)O)C(C)O)C(C)O. The standard InChI is InChI=1S/C17H32N4O8/c1-7(2)5-10(18)14(25)20-12(8(3)23)16(27)19-11(6-22)15(26)21-13(9(4)24)17(28)29/h7-13,22-24H,5-6,18H2,1-4H3,(H,19,27)(H,20,25)(H,21,26)(H,28,29).